The minimum Gasteiger partial charge on any atom is -0.352 e. The van der Waals surface area contributed by atoms with E-state index in [-0.39, 0.29) is 11.8 Å². The number of amides is 2. The molecule has 0 aliphatic rings. The van der Waals surface area contributed by atoms with Crippen molar-refractivity contribution in [3.8, 4) is 11.4 Å². The molecule has 0 fully saturated rings. The summed E-state index contributed by atoms with van der Waals surface area (Å²) in [7, 11) is 0. The van der Waals surface area contributed by atoms with Gasteiger partial charge in [-0.25, -0.2) is 0 Å². The maximum absolute atomic E-state index is 11.7. The second-order valence-corrected chi connectivity index (χ2v) is 4.58. The molecule has 0 aliphatic carbocycles. The van der Waals surface area contributed by atoms with Gasteiger partial charge in [0.1, 0.15) is 0 Å². The smallest absolute Gasteiger partial charge is 0.252 e. The molecule has 0 saturated carbocycles. The van der Waals surface area contributed by atoms with Crippen molar-refractivity contribution in [2.24, 2.45) is 0 Å². The van der Waals surface area contributed by atoms with Gasteiger partial charge in [-0.2, -0.15) is 0 Å². The first-order valence-corrected chi connectivity index (χ1v) is 7.14. The Balaban J connectivity index is 2.15. The Labute approximate surface area is 129 Å². The van der Waals surface area contributed by atoms with Crippen LogP contribution in [0.5, 0.6) is 0 Å². The van der Waals surface area contributed by atoms with Crippen LogP contribution < -0.4 is 10.6 Å². The van der Waals surface area contributed by atoms with Crippen molar-refractivity contribution >= 4 is 11.8 Å². The van der Waals surface area contributed by atoms with E-state index in [1.807, 2.05) is 13.8 Å². The van der Waals surface area contributed by atoms with Crippen molar-refractivity contribution in [3.63, 3.8) is 0 Å². The highest BCUT2D eigenvalue weighted by Gasteiger charge is 2.08. The van der Waals surface area contributed by atoms with Crippen molar-refractivity contribution in [2.45, 2.75) is 13.8 Å². The molecule has 0 radical (unpaired) electrons. The highest BCUT2D eigenvalue weighted by atomic mass is 16.2. The summed E-state index contributed by atoms with van der Waals surface area (Å²) in [4.78, 5) is 31.8. The highest BCUT2D eigenvalue weighted by Crippen LogP contribution is 2.15. The highest BCUT2D eigenvalue weighted by molar-refractivity contribution is 5.94. The first-order valence-electron chi connectivity index (χ1n) is 7.14. The van der Waals surface area contributed by atoms with E-state index < -0.39 is 0 Å². The molecular formula is C16H18N4O2. The summed E-state index contributed by atoms with van der Waals surface area (Å²) < 4.78 is 0. The molecule has 0 aliphatic heterocycles. The average Bonchev–Trinajstić information content (AvgIpc) is 2.55. The maximum atomic E-state index is 11.7. The van der Waals surface area contributed by atoms with E-state index in [4.69, 9.17) is 0 Å². The van der Waals surface area contributed by atoms with E-state index in [9.17, 15) is 9.59 Å². The summed E-state index contributed by atoms with van der Waals surface area (Å²) in [5, 5.41) is 5.43. The lowest BCUT2D eigenvalue weighted by Gasteiger charge is -2.05. The van der Waals surface area contributed by atoms with Gasteiger partial charge in [-0.15, -0.1) is 0 Å². The lowest BCUT2D eigenvalue weighted by molar-refractivity contribution is 0.0947. The topological polar surface area (TPSA) is 84.0 Å². The molecular weight excluding hydrogens is 280 g/mol. The van der Waals surface area contributed by atoms with Gasteiger partial charge in [-0.1, -0.05) is 0 Å². The Bertz CT molecular complexity index is 591. The van der Waals surface area contributed by atoms with E-state index in [2.05, 4.69) is 20.6 Å². The van der Waals surface area contributed by atoms with Crippen molar-refractivity contribution in [2.75, 3.05) is 13.1 Å². The minimum absolute atomic E-state index is 0.152. The second-order valence-electron chi connectivity index (χ2n) is 4.58. The maximum Gasteiger partial charge on any atom is 0.252 e. The van der Waals surface area contributed by atoms with Crippen LogP contribution in [0.4, 0.5) is 0 Å². The normalized spacial score (nSPS) is 10.1. The SMILES string of the molecule is CCNC(=O)c1ccc(-c2ccc(C(=O)NCC)cn2)nc1. The largest absolute Gasteiger partial charge is 0.352 e. The van der Waals surface area contributed by atoms with Gasteiger partial charge < -0.3 is 10.6 Å². The van der Waals surface area contributed by atoms with Gasteiger partial charge in [0, 0.05) is 25.5 Å². The van der Waals surface area contributed by atoms with E-state index in [0.717, 1.165) is 0 Å². The summed E-state index contributed by atoms with van der Waals surface area (Å²) in [6.07, 6.45) is 3.03. The molecule has 2 rings (SSSR count). The van der Waals surface area contributed by atoms with Crippen molar-refractivity contribution in [1.82, 2.24) is 20.6 Å². The first-order chi connectivity index (χ1) is 10.7. The van der Waals surface area contributed by atoms with Gasteiger partial charge in [0.05, 0.1) is 22.5 Å². The molecule has 0 atom stereocenters. The van der Waals surface area contributed by atoms with Crippen LogP contribution >= 0.6 is 0 Å². The number of hydrogen-bond donors (Lipinski definition) is 2. The zero-order chi connectivity index (χ0) is 15.9. The van der Waals surface area contributed by atoms with Crippen LogP contribution in [0.15, 0.2) is 36.7 Å². The average molecular weight is 298 g/mol. The molecule has 0 aromatic carbocycles. The summed E-state index contributed by atoms with van der Waals surface area (Å²) in [5.41, 5.74) is 2.31. The molecule has 6 heteroatoms. The van der Waals surface area contributed by atoms with E-state index >= 15 is 0 Å². The molecule has 2 aromatic rings. The molecule has 0 unspecified atom stereocenters. The summed E-state index contributed by atoms with van der Waals surface area (Å²) >= 11 is 0. The molecule has 2 N–H and O–H groups in total. The predicted octanol–water partition coefficient (Wildman–Crippen LogP) is 1.64. The Kier molecular flexibility index (Phi) is 5.19. The Hall–Kier alpha value is -2.76. The molecule has 2 aromatic heterocycles. The molecule has 2 heterocycles. The van der Waals surface area contributed by atoms with Gasteiger partial charge in [0.2, 0.25) is 0 Å². The van der Waals surface area contributed by atoms with E-state index in [0.29, 0.717) is 35.6 Å². The lowest BCUT2D eigenvalue weighted by atomic mass is 10.1. The zero-order valence-electron chi connectivity index (χ0n) is 12.6. The minimum atomic E-state index is -0.152. The monoisotopic (exact) mass is 298 g/mol. The van der Waals surface area contributed by atoms with E-state index in [1.54, 1.807) is 24.3 Å². The number of hydrogen-bond acceptors (Lipinski definition) is 4. The van der Waals surface area contributed by atoms with Gasteiger partial charge in [-0.3, -0.25) is 19.6 Å². The van der Waals surface area contributed by atoms with Gasteiger partial charge in [-0.05, 0) is 38.1 Å². The van der Waals surface area contributed by atoms with Crippen LogP contribution in [-0.2, 0) is 0 Å². The molecule has 114 valence electrons. The number of carbonyl (C=O) groups is 2. The molecule has 22 heavy (non-hydrogen) atoms. The van der Waals surface area contributed by atoms with Crippen LogP contribution in [0.2, 0.25) is 0 Å². The molecule has 2 amide bonds. The van der Waals surface area contributed by atoms with Gasteiger partial charge in [0.15, 0.2) is 0 Å². The fourth-order valence-corrected chi connectivity index (χ4v) is 1.88. The fourth-order valence-electron chi connectivity index (χ4n) is 1.88. The van der Waals surface area contributed by atoms with Crippen molar-refractivity contribution in [3.05, 3.63) is 47.8 Å². The first kappa shape index (κ1) is 15.6. The van der Waals surface area contributed by atoms with Crippen LogP contribution in [0.1, 0.15) is 34.6 Å². The Morgan fingerprint density at radius 1 is 0.818 bits per heavy atom. The molecule has 0 spiro atoms. The third-order valence-corrected chi connectivity index (χ3v) is 2.99. The second kappa shape index (κ2) is 7.31. The number of nitrogens with zero attached hydrogens (tertiary/aromatic N) is 2. The fraction of sp³-hybridized carbons (Fsp3) is 0.250. The van der Waals surface area contributed by atoms with Crippen LogP contribution in [-0.4, -0.2) is 34.9 Å². The van der Waals surface area contributed by atoms with Gasteiger partial charge >= 0.3 is 0 Å². The zero-order valence-corrected chi connectivity index (χ0v) is 12.6. The molecule has 0 bridgehead atoms. The predicted molar refractivity (Wildman–Crippen MR) is 83.5 cm³/mol. The van der Waals surface area contributed by atoms with Gasteiger partial charge in [0.25, 0.3) is 11.8 Å². The third kappa shape index (κ3) is 3.66. The quantitative estimate of drug-likeness (QED) is 0.879. The van der Waals surface area contributed by atoms with Crippen LogP contribution in [0.25, 0.3) is 11.4 Å². The van der Waals surface area contributed by atoms with Crippen LogP contribution in [0, 0.1) is 0 Å². The Morgan fingerprint density at radius 2 is 1.23 bits per heavy atom. The lowest BCUT2D eigenvalue weighted by Crippen LogP contribution is -2.22. The summed E-state index contributed by atoms with van der Waals surface area (Å²) in [5.74, 6) is -0.304. The standard InChI is InChI=1S/C16H18N4O2/c1-3-17-15(21)11-5-7-13(19-9-11)14-8-6-12(10-20-14)16(22)18-4-2/h5-10H,3-4H2,1-2H3,(H,17,21)(H,18,22). The third-order valence-electron chi connectivity index (χ3n) is 2.99. The number of rotatable bonds is 5. The number of pyridine rings is 2. The van der Waals surface area contributed by atoms with E-state index in [1.165, 1.54) is 12.4 Å². The number of nitrogens with one attached hydrogen (secondary N) is 2. The Morgan fingerprint density at radius 3 is 1.50 bits per heavy atom. The molecule has 6 nitrogen and oxygen atoms in total. The van der Waals surface area contributed by atoms with Crippen molar-refractivity contribution < 1.29 is 9.59 Å². The number of aromatic nitrogens is 2. The number of carbonyl (C=O) groups excluding carboxylic acids is 2. The van der Waals surface area contributed by atoms with Crippen LogP contribution in [0.3, 0.4) is 0 Å². The summed E-state index contributed by atoms with van der Waals surface area (Å²) in [6.45, 7) is 4.87. The molecule has 0 saturated heterocycles. The summed E-state index contributed by atoms with van der Waals surface area (Å²) in [6, 6.07) is 6.87. The van der Waals surface area contributed by atoms with Crippen molar-refractivity contribution in [1.29, 1.82) is 0 Å².